The molecule has 0 bridgehead atoms. The van der Waals surface area contributed by atoms with Crippen molar-refractivity contribution >= 4 is 11.8 Å². The lowest BCUT2D eigenvalue weighted by molar-refractivity contribution is 0.555. The van der Waals surface area contributed by atoms with Crippen molar-refractivity contribution < 1.29 is 4.74 Å². The zero-order chi connectivity index (χ0) is 12.1. The molecule has 0 saturated heterocycles. The monoisotopic (exact) mass is 226 g/mol. The van der Waals surface area contributed by atoms with E-state index in [1.54, 1.807) is 18.5 Å². The van der Waals surface area contributed by atoms with Crippen LogP contribution in [0.15, 0.2) is 52.7 Å². The van der Waals surface area contributed by atoms with E-state index in [9.17, 15) is 0 Å². The molecule has 0 aromatic heterocycles. The molecule has 0 aliphatic carbocycles. The highest BCUT2D eigenvalue weighted by Gasteiger charge is 2.02. The second kappa shape index (κ2) is 5.28. The van der Waals surface area contributed by atoms with E-state index in [1.807, 2.05) is 12.1 Å². The van der Waals surface area contributed by atoms with Gasteiger partial charge in [-0.25, -0.2) is 9.98 Å². The van der Waals surface area contributed by atoms with Crippen molar-refractivity contribution in [1.29, 1.82) is 0 Å². The van der Waals surface area contributed by atoms with Gasteiger partial charge in [0, 0.05) is 6.20 Å². The van der Waals surface area contributed by atoms with Gasteiger partial charge in [0.1, 0.15) is 5.75 Å². The third kappa shape index (κ3) is 3.16. The Morgan fingerprint density at radius 2 is 1.88 bits per heavy atom. The third-order valence-corrected chi connectivity index (χ3v) is 2.37. The Balaban J connectivity index is 2.11. The summed E-state index contributed by atoms with van der Waals surface area (Å²) in [4.78, 5) is 7.90. The Bertz CT molecular complexity index is 504. The van der Waals surface area contributed by atoms with Crippen LogP contribution in [0.25, 0.3) is 0 Å². The highest BCUT2D eigenvalue weighted by molar-refractivity contribution is 5.97. The molecule has 1 aromatic carbocycles. The number of ether oxygens (including phenoxy) is 1. The molecule has 0 N–H and O–H groups in total. The van der Waals surface area contributed by atoms with Crippen molar-refractivity contribution in [3.8, 4) is 5.75 Å². The van der Waals surface area contributed by atoms with E-state index < -0.39 is 0 Å². The van der Waals surface area contributed by atoms with E-state index >= 15 is 0 Å². The second-order valence-corrected chi connectivity index (χ2v) is 3.99. The molecule has 17 heavy (non-hydrogen) atoms. The Morgan fingerprint density at radius 3 is 2.59 bits per heavy atom. The molecule has 1 heterocycles. The smallest absolute Gasteiger partial charge is 0.228 e. The molecule has 0 radical (unpaired) electrons. The highest BCUT2D eigenvalue weighted by atomic mass is 16.5. The standard InChI is InChI=1S/C14H14N2O/c1-11(2)12-3-5-13(6-4-12)17-14-7-8-15-9-10-16-14/h3-7,9-11H,1-2H3. The molecule has 0 amide bonds. The van der Waals surface area contributed by atoms with E-state index in [-0.39, 0.29) is 0 Å². The van der Waals surface area contributed by atoms with E-state index in [0.29, 0.717) is 11.8 Å². The summed E-state index contributed by atoms with van der Waals surface area (Å²) in [6.07, 6.45) is 4.75. The van der Waals surface area contributed by atoms with Gasteiger partial charge < -0.3 is 4.74 Å². The fourth-order valence-electron chi connectivity index (χ4n) is 1.41. The largest absolute Gasteiger partial charge is 0.438 e. The molecule has 0 unspecified atom stereocenters. The summed E-state index contributed by atoms with van der Waals surface area (Å²) in [5, 5.41) is 0. The van der Waals surface area contributed by atoms with Crippen LogP contribution in [-0.4, -0.2) is 11.8 Å². The quantitative estimate of drug-likeness (QED) is 0.761. The zero-order valence-electron chi connectivity index (χ0n) is 9.92. The summed E-state index contributed by atoms with van der Waals surface area (Å²) in [6.45, 7) is 4.32. The van der Waals surface area contributed by atoms with Gasteiger partial charge in [0.15, 0.2) is 0 Å². The molecule has 1 aromatic rings. The first kappa shape index (κ1) is 11.4. The van der Waals surface area contributed by atoms with Crippen LogP contribution < -0.4 is 4.74 Å². The van der Waals surface area contributed by atoms with E-state index in [0.717, 1.165) is 5.75 Å². The van der Waals surface area contributed by atoms with Gasteiger partial charge in [0.25, 0.3) is 0 Å². The van der Waals surface area contributed by atoms with Crippen LogP contribution >= 0.6 is 0 Å². The molecule has 0 spiro atoms. The van der Waals surface area contributed by atoms with Gasteiger partial charge in [0.05, 0.1) is 12.3 Å². The van der Waals surface area contributed by atoms with Crippen LogP contribution in [-0.2, 0) is 0 Å². The average molecular weight is 226 g/mol. The van der Waals surface area contributed by atoms with E-state index in [1.165, 1.54) is 5.56 Å². The van der Waals surface area contributed by atoms with Crippen LogP contribution in [0.1, 0.15) is 25.3 Å². The maximum atomic E-state index is 5.59. The van der Waals surface area contributed by atoms with Crippen molar-refractivity contribution in [2.45, 2.75) is 19.8 Å². The minimum absolute atomic E-state index is 0.486. The number of aliphatic imine (C=N–C) groups is 2. The summed E-state index contributed by atoms with van der Waals surface area (Å²) >= 11 is 0. The summed E-state index contributed by atoms with van der Waals surface area (Å²) in [6, 6.07) is 8.00. The maximum Gasteiger partial charge on any atom is 0.228 e. The molecule has 1 aliphatic heterocycles. The maximum absolute atomic E-state index is 5.59. The Hall–Kier alpha value is -2.12. The van der Waals surface area contributed by atoms with Crippen molar-refractivity contribution in [1.82, 2.24) is 0 Å². The molecule has 86 valence electrons. The average Bonchev–Trinajstić information content (AvgIpc) is 2.58. The van der Waals surface area contributed by atoms with Crippen molar-refractivity contribution in [2.75, 3.05) is 0 Å². The summed E-state index contributed by atoms with van der Waals surface area (Å²) < 4.78 is 5.59. The van der Waals surface area contributed by atoms with Crippen LogP contribution in [0.4, 0.5) is 0 Å². The zero-order valence-corrected chi connectivity index (χ0v) is 9.92. The predicted octanol–water partition coefficient (Wildman–Crippen LogP) is 3.30. The summed E-state index contributed by atoms with van der Waals surface area (Å²) in [5.74, 6) is 4.48. The van der Waals surface area contributed by atoms with Crippen molar-refractivity contribution in [2.24, 2.45) is 9.98 Å². The van der Waals surface area contributed by atoms with Crippen LogP contribution in [0, 0.1) is 0 Å². The van der Waals surface area contributed by atoms with E-state index in [4.69, 9.17) is 4.74 Å². The first-order valence-electron chi connectivity index (χ1n) is 5.55. The van der Waals surface area contributed by atoms with Crippen molar-refractivity contribution in [3.05, 3.63) is 48.3 Å². The fourth-order valence-corrected chi connectivity index (χ4v) is 1.41. The molecule has 3 nitrogen and oxygen atoms in total. The van der Waals surface area contributed by atoms with Crippen LogP contribution in [0.3, 0.4) is 0 Å². The van der Waals surface area contributed by atoms with Gasteiger partial charge in [-0.15, -0.1) is 0 Å². The number of nitrogens with zero attached hydrogens (tertiary/aromatic N) is 2. The highest BCUT2D eigenvalue weighted by Crippen LogP contribution is 2.18. The lowest BCUT2D eigenvalue weighted by Gasteiger charge is -2.07. The number of hydrogen-bond acceptors (Lipinski definition) is 3. The van der Waals surface area contributed by atoms with Crippen LogP contribution in [0.2, 0.25) is 0 Å². The molecule has 1 aliphatic rings. The molecule has 0 saturated carbocycles. The lowest BCUT2D eigenvalue weighted by Crippen LogP contribution is -2.04. The number of benzene rings is 1. The van der Waals surface area contributed by atoms with Crippen molar-refractivity contribution in [3.63, 3.8) is 0 Å². The Morgan fingerprint density at radius 1 is 1.12 bits per heavy atom. The SMILES string of the molecule is CC(C)c1ccc(OC2=NC=CN=C=C2)cc1. The van der Waals surface area contributed by atoms with E-state index in [2.05, 4.69) is 41.8 Å². The Labute approximate surface area is 101 Å². The predicted molar refractivity (Wildman–Crippen MR) is 69.7 cm³/mol. The van der Waals surface area contributed by atoms with Gasteiger partial charge >= 0.3 is 0 Å². The fraction of sp³-hybridized carbons (Fsp3) is 0.214. The van der Waals surface area contributed by atoms with Gasteiger partial charge in [-0.3, -0.25) is 0 Å². The lowest BCUT2D eigenvalue weighted by atomic mass is 10.0. The van der Waals surface area contributed by atoms with Gasteiger partial charge in [-0.1, -0.05) is 26.0 Å². The molecule has 3 heteroatoms. The molecular formula is C14H14N2O. The molecule has 2 rings (SSSR count). The second-order valence-electron chi connectivity index (χ2n) is 3.99. The van der Waals surface area contributed by atoms with Gasteiger partial charge in [-0.05, 0) is 29.5 Å². The number of hydrogen-bond donors (Lipinski definition) is 0. The normalized spacial score (nSPS) is 13.7. The molecule has 0 atom stereocenters. The first-order chi connectivity index (χ1) is 8.25. The van der Waals surface area contributed by atoms with Gasteiger partial charge in [-0.2, -0.15) is 0 Å². The third-order valence-electron chi connectivity index (χ3n) is 2.37. The molecular weight excluding hydrogens is 212 g/mol. The topological polar surface area (TPSA) is 34.0 Å². The Kier molecular flexibility index (Phi) is 3.53. The van der Waals surface area contributed by atoms with Gasteiger partial charge in [0.2, 0.25) is 5.90 Å². The summed E-state index contributed by atoms with van der Waals surface area (Å²) in [7, 11) is 0. The minimum Gasteiger partial charge on any atom is -0.438 e. The molecule has 0 fully saturated rings. The number of rotatable bonds is 2. The first-order valence-corrected chi connectivity index (χ1v) is 5.55. The summed E-state index contributed by atoms with van der Waals surface area (Å²) in [5.41, 5.74) is 1.29. The minimum atomic E-state index is 0.486. The van der Waals surface area contributed by atoms with Crippen LogP contribution in [0.5, 0.6) is 5.75 Å².